The van der Waals surface area contributed by atoms with Gasteiger partial charge in [0.05, 0.1) is 10.5 Å². The molecule has 0 unspecified atom stereocenters. The number of halogens is 1. The van der Waals surface area contributed by atoms with Gasteiger partial charge in [-0.25, -0.2) is 0 Å². The zero-order valence-corrected chi connectivity index (χ0v) is 14.2. The van der Waals surface area contributed by atoms with E-state index < -0.39 is 4.92 Å². The van der Waals surface area contributed by atoms with Crippen LogP contribution in [0.5, 0.6) is 0 Å². The molecule has 1 amide bonds. The van der Waals surface area contributed by atoms with Gasteiger partial charge in [0.15, 0.2) is 0 Å². The standard InChI is InChI=1S/C15H21BrN2O3/c1-4-11(5-2)10-17(6-3)15(19)13-9-12(18(20)21)7-8-14(13)16/h7-9,11H,4-6,10H2,1-3H3. The summed E-state index contributed by atoms with van der Waals surface area (Å²) in [5.74, 6) is 0.284. The van der Waals surface area contributed by atoms with Crippen LogP contribution < -0.4 is 0 Å². The Morgan fingerprint density at radius 2 is 1.95 bits per heavy atom. The number of rotatable bonds is 7. The van der Waals surface area contributed by atoms with Gasteiger partial charge in [0, 0.05) is 29.7 Å². The Balaban J connectivity index is 3.04. The topological polar surface area (TPSA) is 63.5 Å². The van der Waals surface area contributed by atoms with Gasteiger partial charge in [-0.15, -0.1) is 0 Å². The number of hydrogen-bond acceptors (Lipinski definition) is 3. The fourth-order valence-electron chi connectivity index (χ4n) is 2.18. The Labute approximate surface area is 133 Å². The van der Waals surface area contributed by atoms with E-state index in [0.717, 1.165) is 12.8 Å². The summed E-state index contributed by atoms with van der Waals surface area (Å²) in [5, 5.41) is 10.9. The number of carbonyl (C=O) groups excluding carboxylic acids is 1. The van der Waals surface area contributed by atoms with Gasteiger partial charge in [0.2, 0.25) is 0 Å². The van der Waals surface area contributed by atoms with Crippen LogP contribution in [0.3, 0.4) is 0 Å². The van der Waals surface area contributed by atoms with Crippen molar-refractivity contribution in [3.05, 3.63) is 38.3 Å². The Morgan fingerprint density at radius 1 is 1.33 bits per heavy atom. The van der Waals surface area contributed by atoms with E-state index in [1.54, 1.807) is 11.0 Å². The van der Waals surface area contributed by atoms with Crippen LogP contribution >= 0.6 is 15.9 Å². The van der Waals surface area contributed by atoms with Crippen molar-refractivity contribution in [3.63, 3.8) is 0 Å². The molecule has 0 heterocycles. The third-order valence-electron chi connectivity index (χ3n) is 3.69. The lowest BCUT2D eigenvalue weighted by Gasteiger charge is -2.25. The SMILES string of the molecule is CCC(CC)CN(CC)C(=O)c1cc([N+](=O)[O-])ccc1Br. The molecule has 0 N–H and O–H groups in total. The van der Waals surface area contributed by atoms with E-state index in [0.29, 0.717) is 29.0 Å². The second-order valence-electron chi connectivity index (χ2n) is 4.95. The van der Waals surface area contributed by atoms with Crippen molar-refractivity contribution < 1.29 is 9.72 Å². The number of non-ortho nitro benzene ring substituents is 1. The molecule has 0 aromatic heterocycles. The summed E-state index contributed by atoms with van der Waals surface area (Å²) in [6.07, 6.45) is 2.02. The third kappa shape index (κ3) is 4.52. The van der Waals surface area contributed by atoms with E-state index >= 15 is 0 Å². The molecular weight excluding hydrogens is 336 g/mol. The first-order chi connectivity index (χ1) is 9.94. The molecular formula is C15H21BrN2O3. The van der Waals surface area contributed by atoms with Crippen molar-refractivity contribution >= 4 is 27.5 Å². The zero-order valence-electron chi connectivity index (χ0n) is 12.6. The Hall–Kier alpha value is -1.43. The molecule has 1 aromatic rings. The van der Waals surface area contributed by atoms with E-state index in [-0.39, 0.29) is 11.6 Å². The number of carbonyl (C=O) groups is 1. The monoisotopic (exact) mass is 356 g/mol. The zero-order chi connectivity index (χ0) is 16.0. The molecule has 0 saturated heterocycles. The van der Waals surface area contributed by atoms with E-state index in [4.69, 9.17) is 0 Å². The van der Waals surface area contributed by atoms with Crippen molar-refractivity contribution in [3.8, 4) is 0 Å². The predicted octanol–water partition coefficient (Wildman–Crippen LogP) is 4.26. The normalized spacial score (nSPS) is 10.7. The van der Waals surface area contributed by atoms with Crippen molar-refractivity contribution in [1.82, 2.24) is 4.90 Å². The molecule has 0 bridgehead atoms. The molecule has 1 rings (SSSR count). The average Bonchev–Trinajstić information content (AvgIpc) is 2.48. The highest BCUT2D eigenvalue weighted by atomic mass is 79.9. The molecule has 0 spiro atoms. The van der Waals surface area contributed by atoms with Crippen LogP contribution in [0.15, 0.2) is 22.7 Å². The average molecular weight is 357 g/mol. The van der Waals surface area contributed by atoms with E-state index in [1.165, 1.54) is 12.1 Å². The van der Waals surface area contributed by atoms with Gasteiger partial charge in [0.1, 0.15) is 0 Å². The van der Waals surface area contributed by atoms with Crippen LogP contribution in [-0.4, -0.2) is 28.8 Å². The lowest BCUT2D eigenvalue weighted by Crippen LogP contribution is -2.35. The molecule has 0 atom stereocenters. The van der Waals surface area contributed by atoms with Crippen molar-refractivity contribution in [2.45, 2.75) is 33.6 Å². The summed E-state index contributed by atoms with van der Waals surface area (Å²) in [4.78, 5) is 24.7. The second kappa shape index (κ2) is 8.12. The van der Waals surface area contributed by atoms with Crippen LogP contribution in [0.4, 0.5) is 5.69 Å². The molecule has 0 saturated carbocycles. The maximum atomic E-state index is 12.6. The summed E-state index contributed by atoms with van der Waals surface area (Å²) >= 11 is 3.31. The minimum atomic E-state index is -0.486. The second-order valence-corrected chi connectivity index (χ2v) is 5.80. The highest BCUT2D eigenvalue weighted by molar-refractivity contribution is 9.10. The van der Waals surface area contributed by atoms with Gasteiger partial charge >= 0.3 is 0 Å². The minimum absolute atomic E-state index is 0.0693. The molecule has 1 aromatic carbocycles. The number of benzene rings is 1. The first-order valence-electron chi connectivity index (χ1n) is 7.17. The smallest absolute Gasteiger partial charge is 0.270 e. The maximum absolute atomic E-state index is 12.6. The molecule has 0 aliphatic carbocycles. The van der Waals surface area contributed by atoms with E-state index in [9.17, 15) is 14.9 Å². The number of nitro benzene ring substituents is 1. The molecule has 0 aliphatic rings. The molecule has 0 radical (unpaired) electrons. The Morgan fingerprint density at radius 3 is 2.43 bits per heavy atom. The van der Waals surface area contributed by atoms with Gasteiger partial charge in [-0.05, 0) is 34.8 Å². The fourth-order valence-corrected chi connectivity index (χ4v) is 2.59. The number of hydrogen-bond donors (Lipinski definition) is 0. The quantitative estimate of drug-likeness (QED) is 0.541. The lowest BCUT2D eigenvalue weighted by molar-refractivity contribution is -0.384. The summed E-state index contributed by atoms with van der Waals surface area (Å²) in [6.45, 7) is 7.40. The highest BCUT2D eigenvalue weighted by Crippen LogP contribution is 2.24. The van der Waals surface area contributed by atoms with Gasteiger partial charge in [-0.2, -0.15) is 0 Å². The summed E-state index contributed by atoms with van der Waals surface area (Å²) in [6, 6.07) is 4.27. The van der Waals surface area contributed by atoms with Crippen LogP contribution in [-0.2, 0) is 0 Å². The van der Waals surface area contributed by atoms with E-state index in [1.807, 2.05) is 6.92 Å². The minimum Gasteiger partial charge on any atom is -0.339 e. The first kappa shape index (κ1) is 17.6. The third-order valence-corrected chi connectivity index (χ3v) is 4.38. The largest absolute Gasteiger partial charge is 0.339 e. The molecule has 0 fully saturated rings. The van der Waals surface area contributed by atoms with Gasteiger partial charge in [0.25, 0.3) is 11.6 Å². The van der Waals surface area contributed by atoms with E-state index in [2.05, 4.69) is 29.8 Å². The molecule has 116 valence electrons. The Kier molecular flexibility index (Phi) is 6.81. The van der Waals surface area contributed by atoms with Crippen molar-refractivity contribution in [1.29, 1.82) is 0 Å². The van der Waals surface area contributed by atoms with Gasteiger partial charge in [-0.3, -0.25) is 14.9 Å². The first-order valence-corrected chi connectivity index (χ1v) is 7.97. The fraction of sp³-hybridized carbons (Fsp3) is 0.533. The number of nitro groups is 1. The molecule has 5 nitrogen and oxygen atoms in total. The summed E-state index contributed by atoms with van der Waals surface area (Å²) in [5.41, 5.74) is 0.275. The lowest BCUT2D eigenvalue weighted by atomic mass is 10.0. The van der Waals surface area contributed by atoms with Crippen LogP contribution in [0, 0.1) is 16.0 Å². The van der Waals surface area contributed by atoms with Gasteiger partial charge < -0.3 is 4.90 Å². The summed E-state index contributed by atoms with van der Waals surface area (Å²) < 4.78 is 0.584. The van der Waals surface area contributed by atoms with Crippen LogP contribution in [0.1, 0.15) is 44.0 Å². The number of nitrogens with zero attached hydrogens (tertiary/aromatic N) is 2. The molecule has 21 heavy (non-hydrogen) atoms. The van der Waals surface area contributed by atoms with Crippen molar-refractivity contribution in [2.75, 3.05) is 13.1 Å². The molecule has 6 heteroatoms. The summed E-state index contributed by atoms with van der Waals surface area (Å²) in [7, 11) is 0. The Bertz CT molecular complexity index is 516. The molecule has 0 aliphatic heterocycles. The highest BCUT2D eigenvalue weighted by Gasteiger charge is 2.21. The predicted molar refractivity (Wildman–Crippen MR) is 86.4 cm³/mol. The number of amides is 1. The van der Waals surface area contributed by atoms with Crippen LogP contribution in [0.25, 0.3) is 0 Å². The van der Waals surface area contributed by atoms with Crippen molar-refractivity contribution in [2.24, 2.45) is 5.92 Å². The van der Waals surface area contributed by atoms with Crippen LogP contribution in [0.2, 0.25) is 0 Å². The maximum Gasteiger partial charge on any atom is 0.270 e. The van der Waals surface area contributed by atoms with Gasteiger partial charge in [-0.1, -0.05) is 26.7 Å².